The van der Waals surface area contributed by atoms with Gasteiger partial charge in [0.2, 0.25) is 0 Å². The van der Waals surface area contributed by atoms with Crippen molar-refractivity contribution in [3.05, 3.63) is 84.6 Å². The number of fused-ring (bicyclic) bond motifs is 1. The average molecular weight is 409 g/mol. The number of pyridine rings is 1. The van der Waals surface area contributed by atoms with E-state index < -0.39 is 0 Å². The van der Waals surface area contributed by atoms with E-state index in [1.54, 1.807) is 6.20 Å². The highest BCUT2D eigenvalue weighted by atomic mass is 16.2. The molecule has 0 saturated carbocycles. The fraction of sp³-hybridized carbons (Fsp3) is 0.200. The topological polar surface area (TPSA) is 62.2 Å². The maximum Gasteiger partial charge on any atom is 0.253 e. The van der Waals surface area contributed by atoms with Crippen LogP contribution in [0.1, 0.15) is 17.3 Å². The summed E-state index contributed by atoms with van der Waals surface area (Å²) < 4.78 is 0. The van der Waals surface area contributed by atoms with Crippen molar-refractivity contribution >= 4 is 22.5 Å². The van der Waals surface area contributed by atoms with Gasteiger partial charge in [-0.3, -0.25) is 9.78 Å². The average Bonchev–Trinajstić information content (AvgIpc) is 2.84. The molecule has 1 aliphatic heterocycles. The molecular weight excluding hydrogens is 386 g/mol. The van der Waals surface area contributed by atoms with Crippen molar-refractivity contribution in [3.63, 3.8) is 0 Å². The molecule has 5 rings (SSSR count). The monoisotopic (exact) mass is 409 g/mol. The summed E-state index contributed by atoms with van der Waals surface area (Å²) in [5.41, 5.74) is 2.32. The fourth-order valence-corrected chi connectivity index (χ4v) is 4.21. The molecule has 0 unspecified atom stereocenters. The third kappa shape index (κ3) is 3.61. The summed E-state index contributed by atoms with van der Waals surface area (Å²) in [6, 6.07) is 23.6. The van der Waals surface area contributed by atoms with Crippen LogP contribution in [0, 0.1) is 0 Å². The van der Waals surface area contributed by atoms with Crippen LogP contribution in [0.15, 0.2) is 79.0 Å². The van der Waals surface area contributed by atoms with Crippen molar-refractivity contribution in [1.29, 1.82) is 0 Å². The van der Waals surface area contributed by atoms with E-state index in [4.69, 9.17) is 0 Å². The molecule has 1 saturated heterocycles. The second-order valence-electron chi connectivity index (χ2n) is 7.79. The summed E-state index contributed by atoms with van der Waals surface area (Å²) >= 11 is 0. The molecule has 0 bridgehead atoms. The Hall–Kier alpha value is -3.80. The number of hydrogen-bond donors (Lipinski definition) is 0. The summed E-state index contributed by atoms with van der Waals surface area (Å²) in [7, 11) is 0. The number of benzene rings is 2. The first-order chi connectivity index (χ1) is 15.2. The first-order valence-corrected chi connectivity index (χ1v) is 10.5. The van der Waals surface area contributed by atoms with Gasteiger partial charge in [-0.25, -0.2) is 0 Å². The molecular formula is C25H23N5O. The number of aromatic nitrogens is 3. The molecule has 154 valence electrons. The van der Waals surface area contributed by atoms with E-state index in [0.717, 1.165) is 33.5 Å². The molecule has 0 N–H and O–H groups in total. The van der Waals surface area contributed by atoms with Gasteiger partial charge in [0.05, 0.1) is 5.69 Å². The van der Waals surface area contributed by atoms with E-state index in [0.29, 0.717) is 19.6 Å². The summed E-state index contributed by atoms with van der Waals surface area (Å²) in [4.78, 5) is 21.5. The van der Waals surface area contributed by atoms with Gasteiger partial charge in [0.15, 0.2) is 5.82 Å². The molecule has 31 heavy (non-hydrogen) atoms. The van der Waals surface area contributed by atoms with Crippen molar-refractivity contribution in [3.8, 4) is 11.4 Å². The lowest BCUT2D eigenvalue weighted by Gasteiger charge is -2.40. The molecule has 2 aromatic heterocycles. The molecule has 1 fully saturated rings. The van der Waals surface area contributed by atoms with Crippen LogP contribution in [-0.2, 0) is 0 Å². The van der Waals surface area contributed by atoms with Crippen molar-refractivity contribution in [2.45, 2.75) is 13.0 Å². The van der Waals surface area contributed by atoms with Gasteiger partial charge < -0.3 is 9.80 Å². The van der Waals surface area contributed by atoms with Crippen LogP contribution in [0.25, 0.3) is 22.2 Å². The maximum absolute atomic E-state index is 12.9. The lowest BCUT2D eigenvalue weighted by Crippen LogP contribution is -2.54. The highest BCUT2D eigenvalue weighted by Crippen LogP contribution is 2.32. The van der Waals surface area contributed by atoms with Crippen molar-refractivity contribution in [2.24, 2.45) is 0 Å². The molecule has 1 atom stereocenters. The van der Waals surface area contributed by atoms with Gasteiger partial charge in [0.1, 0.15) is 5.69 Å². The van der Waals surface area contributed by atoms with E-state index in [1.807, 2.05) is 65.6 Å². The quantitative estimate of drug-likeness (QED) is 0.511. The van der Waals surface area contributed by atoms with Gasteiger partial charge in [0.25, 0.3) is 5.91 Å². The zero-order chi connectivity index (χ0) is 21.2. The number of rotatable bonds is 3. The van der Waals surface area contributed by atoms with Crippen molar-refractivity contribution < 1.29 is 4.79 Å². The van der Waals surface area contributed by atoms with Crippen LogP contribution in [0.4, 0.5) is 5.82 Å². The minimum Gasteiger partial charge on any atom is -0.348 e. The number of nitrogens with zero attached hydrogens (tertiary/aromatic N) is 5. The van der Waals surface area contributed by atoms with Crippen LogP contribution in [-0.4, -0.2) is 51.7 Å². The van der Waals surface area contributed by atoms with Gasteiger partial charge in [-0.1, -0.05) is 48.5 Å². The third-order valence-electron chi connectivity index (χ3n) is 5.78. The van der Waals surface area contributed by atoms with Gasteiger partial charge in [-0.2, -0.15) is 0 Å². The van der Waals surface area contributed by atoms with Crippen LogP contribution < -0.4 is 4.90 Å². The Morgan fingerprint density at radius 1 is 0.871 bits per heavy atom. The predicted octanol–water partition coefficient (Wildman–Crippen LogP) is 4.04. The molecule has 0 aliphatic carbocycles. The van der Waals surface area contributed by atoms with Crippen LogP contribution in [0.2, 0.25) is 0 Å². The summed E-state index contributed by atoms with van der Waals surface area (Å²) in [5, 5.41) is 11.2. The lowest BCUT2D eigenvalue weighted by molar-refractivity contribution is 0.0726. The van der Waals surface area contributed by atoms with Crippen molar-refractivity contribution in [2.75, 3.05) is 24.5 Å². The summed E-state index contributed by atoms with van der Waals surface area (Å²) in [5.74, 6) is 0.933. The smallest absolute Gasteiger partial charge is 0.253 e. The molecule has 6 heteroatoms. The van der Waals surface area contributed by atoms with E-state index in [2.05, 4.69) is 39.1 Å². The van der Waals surface area contributed by atoms with E-state index in [1.165, 1.54) is 0 Å². The van der Waals surface area contributed by atoms with Crippen LogP contribution in [0.5, 0.6) is 0 Å². The molecule has 3 heterocycles. The fourth-order valence-electron chi connectivity index (χ4n) is 4.21. The molecule has 0 radical (unpaired) electrons. The predicted molar refractivity (Wildman–Crippen MR) is 122 cm³/mol. The number of amides is 1. The first-order valence-electron chi connectivity index (χ1n) is 10.5. The Bertz CT molecular complexity index is 1210. The minimum absolute atomic E-state index is 0.0774. The molecule has 6 nitrogen and oxygen atoms in total. The Morgan fingerprint density at radius 2 is 1.61 bits per heavy atom. The third-order valence-corrected chi connectivity index (χ3v) is 5.78. The Kier molecular flexibility index (Phi) is 5.04. The van der Waals surface area contributed by atoms with E-state index in [-0.39, 0.29) is 11.9 Å². The van der Waals surface area contributed by atoms with Gasteiger partial charge >= 0.3 is 0 Å². The Balaban J connectivity index is 1.45. The van der Waals surface area contributed by atoms with Crippen LogP contribution in [0.3, 0.4) is 0 Å². The Labute approximate surface area is 181 Å². The first kappa shape index (κ1) is 19.2. The summed E-state index contributed by atoms with van der Waals surface area (Å²) in [6.07, 6.45) is 1.77. The normalized spacial score (nSPS) is 16.5. The highest BCUT2D eigenvalue weighted by Gasteiger charge is 2.29. The van der Waals surface area contributed by atoms with E-state index in [9.17, 15) is 4.79 Å². The largest absolute Gasteiger partial charge is 0.348 e. The second-order valence-corrected chi connectivity index (χ2v) is 7.79. The minimum atomic E-state index is 0.0774. The highest BCUT2D eigenvalue weighted by molar-refractivity contribution is 6.00. The number of hydrogen-bond acceptors (Lipinski definition) is 5. The van der Waals surface area contributed by atoms with Crippen molar-refractivity contribution in [1.82, 2.24) is 20.1 Å². The molecule has 2 aromatic carbocycles. The van der Waals surface area contributed by atoms with Gasteiger partial charge in [-0.15, -0.1) is 10.2 Å². The molecule has 4 aromatic rings. The van der Waals surface area contributed by atoms with E-state index >= 15 is 0 Å². The summed E-state index contributed by atoms with van der Waals surface area (Å²) in [6.45, 7) is 4.14. The van der Waals surface area contributed by atoms with Gasteiger partial charge in [0, 0.05) is 48.2 Å². The zero-order valence-electron chi connectivity index (χ0n) is 17.3. The molecule has 1 amide bonds. The zero-order valence-corrected chi connectivity index (χ0v) is 17.3. The number of carbonyl (C=O) groups is 1. The second kappa shape index (κ2) is 8.14. The molecule has 1 aliphatic rings. The number of anilines is 1. The number of piperazine rings is 1. The lowest BCUT2D eigenvalue weighted by atomic mass is 10.1. The van der Waals surface area contributed by atoms with Crippen LogP contribution >= 0.6 is 0 Å². The SMILES string of the molecule is C[C@@H]1CN(C(=O)c2ccccc2)CCN1c1nnc(-c2ccccn2)c2ccccc12. The van der Waals surface area contributed by atoms with Gasteiger partial charge in [-0.05, 0) is 31.2 Å². The number of carbonyl (C=O) groups excluding carboxylic acids is 1. The molecule has 0 spiro atoms. The standard InChI is InChI=1S/C25H23N5O/c1-18-17-29(25(31)19-9-3-2-4-10-19)15-16-30(18)24-21-12-6-5-11-20(21)23(27-28-24)22-13-7-8-14-26-22/h2-14,18H,15-17H2,1H3/t18-/m1/s1. The maximum atomic E-state index is 12.9. The Morgan fingerprint density at radius 3 is 2.35 bits per heavy atom.